The highest BCUT2D eigenvalue weighted by Crippen LogP contribution is 2.29. The minimum atomic E-state index is -4.82. The van der Waals surface area contributed by atoms with E-state index in [9.17, 15) is 22.8 Å². The van der Waals surface area contributed by atoms with Gasteiger partial charge in [-0.3, -0.25) is 9.59 Å². The van der Waals surface area contributed by atoms with Crippen LogP contribution in [0.25, 0.3) is 10.2 Å². The van der Waals surface area contributed by atoms with E-state index in [1.165, 1.54) is 23.0 Å². The molecule has 0 saturated carbocycles. The van der Waals surface area contributed by atoms with E-state index >= 15 is 0 Å². The Balaban J connectivity index is 1.91. The standard InChI is InChI=1S/C16H12F3N3O3S/c1-8-11-14(20-7-22(2)15(11)24)26-12(8)13(23)21-9-4-3-5-10(6-9)25-16(17,18)19/h3-7H,1-2H3,(H,21,23). The number of alkyl halides is 3. The van der Waals surface area contributed by atoms with Gasteiger partial charge in [0, 0.05) is 18.8 Å². The van der Waals surface area contributed by atoms with Crippen LogP contribution in [0, 0.1) is 6.92 Å². The quantitative estimate of drug-likeness (QED) is 0.752. The van der Waals surface area contributed by atoms with Gasteiger partial charge in [0.25, 0.3) is 11.5 Å². The van der Waals surface area contributed by atoms with E-state index in [1.807, 2.05) is 0 Å². The molecule has 0 radical (unpaired) electrons. The molecule has 3 aromatic rings. The number of thiophene rings is 1. The second-order valence-electron chi connectivity index (χ2n) is 5.43. The molecule has 0 aliphatic carbocycles. The van der Waals surface area contributed by atoms with Crippen LogP contribution in [0.5, 0.6) is 5.75 Å². The monoisotopic (exact) mass is 383 g/mol. The Hall–Kier alpha value is -2.88. The third-order valence-electron chi connectivity index (χ3n) is 3.54. The summed E-state index contributed by atoms with van der Waals surface area (Å²) in [5.41, 5.74) is 0.330. The van der Waals surface area contributed by atoms with Crippen molar-refractivity contribution in [1.82, 2.24) is 9.55 Å². The van der Waals surface area contributed by atoms with Crippen molar-refractivity contribution in [3.63, 3.8) is 0 Å². The topological polar surface area (TPSA) is 73.2 Å². The third kappa shape index (κ3) is 3.54. The molecule has 0 spiro atoms. The van der Waals surface area contributed by atoms with Crippen molar-refractivity contribution in [3.05, 3.63) is 51.4 Å². The highest BCUT2D eigenvalue weighted by molar-refractivity contribution is 7.20. The van der Waals surface area contributed by atoms with Crippen LogP contribution in [0.2, 0.25) is 0 Å². The zero-order valence-electron chi connectivity index (χ0n) is 13.5. The molecule has 6 nitrogen and oxygen atoms in total. The molecule has 1 N–H and O–H groups in total. The first-order valence-electron chi connectivity index (χ1n) is 7.27. The minimum Gasteiger partial charge on any atom is -0.406 e. The number of aryl methyl sites for hydroxylation is 2. The number of hydrogen-bond acceptors (Lipinski definition) is 5. The van der Waals surface area contributed by atoms with Crippen LogP contribution in [0.4, 0.5) is 18.9 Å². The normalized spacial score (nSPS) is 11.6. The van der Waals surface area contributed by atoms with Crippen molar-refractivity contribution < 1.29 is 22.7 Å². The molecule has 2 heterocycles. The Morgan fingerprint density at radius 2 is 2.08 bits per heavy atom. The third-order valence-corrected chi connectivity index (χ3v) is 4.74. The molecule has 2 aromatic heterocycles. The molecule has 0 saturated heterocycles. The molecule has 0 aliphatic heterocycles. The zero-order valence-corrected chi connectivity index (χ0v) is 14.4. The van der Waals surface area contributed by atoms with Crippen LogP contribution in [0.1, 0.15) is 15.2 Å². The molecule has 0 bridgehead atoms. The Labute approximate surface area is 148 Å². The maximum Gasteiger partial charge on any atom is 0.573 e. The van der Waals surface area contributed by atoms with E-state index < -0.39 is 18.0 Å². The average Bonchev–Trinajstić information content (AvgIpc) is 2.87. The summed E-state index contributed by atoms with van der Waals surface area (Å²) in [4.78, 5) is 29.5. The number of halogens is 3. The minimum absolute atomic E-state index is 0.134. The first kappa shape index (κ1) is 17.9. The SMILES string of the molecule is Cc1c(C(=O)Nc2cccc(OC(F)(F)F)c2)sc2ncn(C)c(=O)c12. The number of ether oxygens (including phenoxy) is 1. The lowest BCUT2D eigenvalue weighted by Crippen LogP contribution is -2.18. The lowest BCUT2D eigenvalue weighted by atomic mass is 10.2. The molecule has 0 unspecified atom stereocenters. The zero-order chi connectivity index (χ0) is 19.1. The molecular weight excluding hydrogens is 371 g/mol. The van der Waals surface area contributed by atoms with Crippen molar-refractivity contribution >= 4 is 33.1 Å². The molecule has 0 aliphatic rings. The highest BCUT2D eigenvalue weighted by Gasteiger charge is 2.31. The van der Waals surface area contributed by atoms with Gasteiger partial charge in [0.2, 0.25) is 0 Å². The number of fused-ring (bicyclic) bond motifs is 1. The van der Waals surface area contributed by atoms with Gasteiger partial charge in [-0.2, -0.15) is 0 Å². The number of nitrogens with one attached hydrogen (secondary N) is 1. The molecule has 0 atom stereocenters. The van der Waals surface area contributed by atoms with E-state index in [4.69, 9.17) is 0 Å². The Bertz CT molecular complexity index is 1060. The molecule has 1 amide bonds. The summed E-state index contributed by atoms with van der Waals surface area (Å²) in [6.45, 7) is 1.63. The van der Waals surface area contributed by atoms with Gasteiger partial charge >= 0.3 is 6.36 Å². The molecule has 136 valence electrons. The summed E-state index contributed by atoms with van der Waals surface area (Å²) < 4.78 is 42.0. The number of carbonyl (C=O) groups excluding carboxylic acids is 1. The Kier molecular flexibility index (Phi) is 4.45. The van der Waals surface area contributed by atoms with Gasteiger partial charge in [0.05, 0.1) is 16.6 Å². The van der Waals surface area contributed by atoms with Crippen LogP contribution in [0.3, 0.4) is 0 Å². The number of aromatic nitrogens is 2. The van der Waals surface area contributed by atoms with Gasteiger partial charge in [0.15, 0.2) is 0 Å². The van der Waals surface area contributed by atoms with E-state index in [-0.39, 0.29) is 16.1 Å². The molecular formula is C16H12F3N3O3S. The predicted octanol–water partition coefficient (Wildman–Crippen LogP) is 3.45. The first-order chi connectivity index (χ1) is 12.2. The largest absolute Gasteiger partial charge is 0.573 e. The fourth-order valence-electron chi connectivity index (χ4n) is 2.38. The van der Waals surface area contributed by atoms with Crippen LogP contribution in [-0.4, -0.2) is 21.8 Å². The van der Waals surface area contributed by atoms with Crippen LogP contribution >= 0.6 is 11.3 Å². The first-order valence-corrected chi connectivity index (χ1v) is 8.09. The Morgan fingerprint density at radius 1 is 1.35 bits per heavy atom. The van der Waals surface area contributed by atoms with Crippen molar-refractivity contribution in [2.75, 3.05) is 5.32 Å². The number of hydrogen-bond donors (Lipinski definition) is 1. The van der Waals surface area contributed by atoms with Crippen LogP contribution in [0.15, 0.2) is 35.4 Å². The van der Waals surface area contributed by atoms with Gasteiger partial charge in [-0.1, -0.05) is 6.07 Å². The van der Waals surface area contributed by atoms with E-state index in [0.29, 0.717) is 15.8 Å². The van der Waals surface area contributed by atoms with Crippen molar-refractivity contribution in [1.29, 1.82) is 0 Å². The molecule has 3 rings (SSSR count). The van der Waals surface area contributed by atoms with E-state index in [1.54, 1.807) is 14.0 Å². The van der Waals surface area contributed by atoms with Gasteiger partial charge in [-0.25, -0.2) is 4.98 Å². The number of rotatable bonds is 3. The van der Waals surface area contributed by atoms with Crippen LogP contribution < -0.4 is 15.6 Å². The molecule has 0 fully saturated rings. The van der Waals surface area contributed by atoms with E-state index in [0.717, 1.165) is 23.5 Å². The predicted molar refractivity (Wildman–Crippen MR) is 90.7 cm³/mol. The van der Waals surface area contributed by atoms with Crippen molar-refractivity contribution in [2.45, 2.75) is 13.3 Å². The number of anilines is 1. The number of carbonyl (C=O) groups is 1. The maximum absolute atomic E-state index is 12.5. The van der Waals surface area contributed by atoms with Crippen molar-refractivity contribution in [2.24, 2.45) is 7.05 Å². The number of benzene rings is 1. The molecule has 10 heteroatoms. The fourth-order valence-corrected chi connectivity index (χ4v) is 3.42. The highest BCUT2D eigenvalue weighted by atomic mass is 32.1. The van der Waals surface area contributed by atoms with Gasteiger partial charge in [-0.15, -0.1) is 24.5 Å². The second-order valence-corrected chi connectivity index (χ2v) is 6.43. The summed E-state index contributed by atoms with van der Waals surface area (Å²) in [6.07, 6.45) is -3.46. The second kappa shape index (κ2) is 6.45. The van der Waals surface area contributed by atoms with Gasteiger partial charge < -0.3 is 14.6 Å². The summed E-state index contributed by atoms with van der Waals surface area (Å²) in [5, 5.41) is 2.85. The van der Waals surface area contributed by atoms with Gasteiger partial charge in [-0.05, 0) is 24.6 Å². The fraction of sp³-hybridized carbons (Fsp3) is 0.188. The summed E-state index contributed by atoms with van der Waals surface area (Å²) in [6, 6.07) is 4.94. The van der Waals surface area contributed by atoms with Crippen LogP contribution in [-0.2, 0) is 7.05 Å². The van der Waals surface area contributed by atoms with Crippen molar-refractivity contribution in [3.8, 4) is 5.75 Å². The molecule has 1 aromatic carbocycles. The van der Waals surface area contributed by atoms with Gasteiger partial charge in [0.1, 0.15) is 10.6 Å². The summed E-state index contributed by atoms with van der Waals surface area (Å²) in [7, 11) is 1.55. The maximum atomic E-state index is 12.5. The summed E-state index contributed by atoms with van der Waals surface area (Å²) in [5.74, 6) is -0.990. The number of amides is 1. The smallest absolute Gasteiger partial charge is 0.406 e. The summed E-state index contributed by atoms with van der Waals surface area (Å²) >= 11 is 1.04. The Morgan fingerprint density at radius 3 is 2.77 bits per heavy atom. The lowest BCUT2D eigenvalue weighted by molar-refractivity contribution is -0.274. The number of nitrogens with zero attached hydrogens (tertiary/aromatic N) is 2. The van der Waals surface area contributed by atoms with E-state index in [2.05, 4.69) is 15.0 Å². The molecule has 26 heavy (non-hydrogen) atoms. The lowest BCUT2D eigenvalue weighted by Gasteiger charge is -2.10. The average molecular weight is 383 g/mol.